The number of rotatable bonds is 2. The number of carbonyl (C=O) groups excluding carboxylic acids is 1. The van der Waals surface area contributed by atoms with Crippen molar-refractivity contribution in [3.63, 3.8) is 0 Å². The molecule has 1 aliphatic carbocycles. The van der Waals surface area contributed by atoms with E-state index in [1.54, 1.807) is 24.0 Å². The summed E-state index contributed by atoms with van der Waals surface area (Å²) in [6.45, 7) is 1.57. The third kappa shape index (κ3) is 3.29. The van der Waals surface area contributed by atoms with Gasteiger partial charge in [-0.3, -0.25) is 4.79 Å². The molecule has 1 amide bonds. The number of carbonyl (C=O) groups is 1. The molecule has 0 spiro atoms. The normalized spacial score (nSPS) is 22.8. The summed E-state index contributed by atoms with van der Waals surface area (Å²) in [4.78, 5) is 13.7. The molecule has 1 aliphatic rings. The monoisotopic (exact) mass is 377 g/mol. The van der Waals surface area contributed by atoms with E-state index >= 15 is 0 Å². The largest absolute Gasteiger partial charge is 0.380 e. The second-order valence-corrected chi connectivity index (χ2v) is 7.43. The number of hydrogen-bond donors (Lipinski definition) is 1. The lowest BCUT2D eigenvalue weighted by atomic mass is 9.81. The van der Waals surface area contributed by atoms with Crippen molar-refractivity contribution in [2.45, 2.75) is 37.8 Å². The summed E-state index contributed by atoms with van der Waals surface area (Å²) in [6, 6.07) is 13.0. The lowest BCUT2D eigenvalue weighted by molar-refractivity contribution is -0.129. The van der Waals surface area contributed by atoms with Gasteiger partial charge in [-0.2, -0.15) is 0 Å². The van der Waals surface area contributed by atoms with E-state index in [0.717, 1.165) is 29.5 Å². The molecular weight excluding hydrogens is 357 g/mol. The average Bonchev–Trinajstić information content (AvgIpc) is 2.74. The molecule has 25 heavy (non-hydrogen) atoms. The molecule has 5 heteroatoms. The second kappa shape index (κ2) is 6.99. The summed E-state index contributed by atoms with van der Waals surface area (Å²) in [5.74, 6) is 0.0137. The van der Waals surface area contributed by atoms with Crippen LogP contribution in [0.2, 0.25) is 10.0 Å². The number of benzene rings is 2. The maximum absolute atomic E-state index is 11.9. The summed E-state index contributed by atoms with van der Waals surface area (Å²) in [6.07, 6.45) is 2.15. The number of hydrogen-bond acceptors (Lipinski definition) is 2. The van der Waals surface area contributed by atoms with Crippen LogP contribution in [-0.2, 0) is 10.4 Å². The minimum Gasteiger partial charge on any atom is -0.380 e. The third-order valence-corrected chi connectivity index (χ3v) is 5.88. The second-order valence-electron chi connectivity index (χ2n) is 6.61. The highest BCUT2D eigenvalue weighted by Crippen LogP contribution is 2.45. The van der Waals surface area contributed by atoms with E-state index in [1.807, 2.05) is 37.4 Å². The summed E-state index contributed by atoms with van der Waals surface area (Å²) in [5.41, 5.74) is 1.37. The lowest BCUT2D eigenvalue weighted by Crippen LogP contribution is -2.31. The van der Waals surface area contributed by atoms with Crippen molar-refractivity contribution < 1.29 is 9.90 Å². The Kier molecular flexibility index (Phi) is 5.10. The van der Waals surface area contributed by atoms with Gasteiger partial charge in [-0.05, 0) is 48.1 Å². The number of nitrogens with zero attached hydrogens (tertiary/aromatic N) is 1. The molecule has 0 bridgehead atoms. The fraction of sp³-hybridized carbons (Fsp3) is 0.350. The zero-order valence-corrected chi connectivity index (χ0v) is 15.8. The maximum atomic E-state index is 11.9. The van der Waals surface area contributed by atoms with Crippen LogP contribution in [0.15, 0.2) is 42.5 Å². The van der Waals surface area contributed by atoms with Crippen molar-refractivity contribution in [2.75, 3.05) is 7.05 Å². The van der Waals surface area contributed by atoms with Crippen molar-refractivity contribution >= 4 is 29.1 Å². The van der Waals surface area contributed by atoms with Crippen LogP contribution in [0.25, 0.3) is 0 Å². The Morgan fingerprint density at radius 3 is 2.60 bits per heavy atom. The van der Waals surface area contributed by atoms with Gasteiger partial charge in [-0.25, -0.2) is 0 Å². The van der Waals surface area contributed by atoms with Gasteiger partial charge in [0.2, 0.25) is 5.91 Å². The molecule has 0 fully saturated rings. The highest BCUT2D eigenvalue weighted by atomic mass is 35.5. The van der Waals surface area contributed by atoms with Crippen LogP contribution in [-0.4, -0.2) is 23.0 Å². The van der Waals surface area contributed by atoms with Crippen molar-refractivity contribution in [3.05, 3.63) is 69.2 Å². The molecule has 3 nitrogen and oxygen atoms in total. The SMILES string of the molecule is CC(=O)N(C)C1CCCC(O)(c2ccc(Cl)c(Cl)c2)c2ccccc21. The fourth-order valence-corrected chi connectivity index (χ4v) is 3.98. The van der Waals surface area contributed by atoms with Gasteiger partial charge in [0.05, 0.1) is 16.1 Å². The molecule has 0 saturated heterocycles. The van der Waals surface area contributed by atoms with E-state index in [1.165, 1.54) is 0 Å². The van der Waals surface area contributed by atoms with Crippen LogP contribution in [0.3, 0.4) is 0 Å². The van der Waals surface area contributed by atoms with Gasteiger partial charge in [0.15, 0.2) is 0 Å². The molecule has 0 aliphatic heterocycles. The third-order valence-electron chi connectivity index (χ3n) is 5.14. The highest BCUT2D eigenvalue weighted by molar-refractivity contribution is 6.42. The van der Waals surface area contributed by atoms with Crippen molar-refractivity contribution in [3.8, 4) is 0 Å². The summed E-state index contributed by atoms with van der Waals surface area (Å²) < 4.78 is 0. The van der Waals surface area contributed by atoms with E-state index in [9.17, 15) is 9.90 Å². The van der Waals surface area contributed by atoms with E-state index < -0.39 is 5.60 Å². The molecule has 2 atom stereocenters. The van der Waals surface area contributed by atoms with Crippen LogP contribution < -0.4 is 0 Å². The van der Waals surface area contributed by atoms with Crippen molar-refractivity contribution in [2.24, 2.45) is 0 Å². The van der Waals surface area contributed by atoms with Gasteiger partial charge in [-0.15, -0.1) is 0 Å². The molecule has 2 aromatic rings. The first-order chi connectivity index (χ1) is 11.8. The zero-order valence-electron chi connectivity index (χ0n) is 14.3. The molecular formula is C20H21Cl2NO2. The Bertz CT molecular complexity index is 808. The molecule has 2 aromatic carbocycles. The number of halogens is 2. The average molecular weight is 378 g/mol. The molecule has 0 radical (unpaired) electrons. The fourth-order valence-electron chi connectivity index (χ4n) is 3.68. The number of aliphatic hydroxyl groups is 1. The summed E-state index contributed by atoms with van der Waals surface area (Å²) in [5, 5.41) is 12.5. The van der Waals surface area contributed by atoms with Gasteiger partial charge in [0.1, 0.15) is 5.60 Å². The van der Waals surface area contributed by atoms with Gasteiger partial charge in [0, 0.05) is 14.0 Å². The molecule has 0 heterocycles. The Morgan fingerprint density at radius 2 is 1.92 bits per heavy atom. The van der Waals surface area contributed by atoms with Gasteiger partial charge >= 0.3 is 0 Å². The first-order valence-electron chi connectivity index (χ1n) is 8.35. The maximum Gasteiger partial charge on any atom is 0.219 e. The Balaban J connectivity index is 2.16. The molecule has 3 rings (SSSR count). The summed E-state index contributed by atoms with van der Waals surface area (Å²) in [7, 11) is 1.81. The molecule has 0 aromatic heterocycles. The smallest absolute Gasteiger partial charge is 0.219 e. The Hall–Kier alpha value is -1.55. The minimum absolute atomic E-state index is 0.0137. The Morgan fingerprint density at radius 1 is 1.20 bits per heavy atom. The van der Waals surface area contributed by atoms with Crippen LogP contribution in [0.5, 0.6) is 0 Å². The predicted molar refractivity (Wildman–Crippen MR) is 101 cm³/mol. The minimum atomic E-state index is -1.16. The molecule has 2 unspecified atom stereocenters. The number of fused-ring (bicyclic) bond motifs is 1. The van der Waals surface area contributed by atoms with Gasteiger partial charge < -0.3 is 10.0 Å². The lowest BCUT2D eigenvalue weighted by Gasteiger charge is -2.32. The Labute approximate surface area is 158 Å². The molecule has 0 saturated carbocycles. The van der Waals surface area contributed by atoms with Crippen LogP contribution in [0.4, 0.5) is 0 Å². The van der Waals surface area contributed by atoms with E-state index in [0.29, 0.717) is 16.5 Å². The highest BCUT2D eigenvalue weighted by Gasteiger charge is 2.38. The van der Waals surface area contributed by atoms with Crippen molar-refractivity contribution in [1.29, 1.82) is 0 Å². The van der Waals surface area contributed by atoms with Crippen molar-refractivity contribution in [1.82, 2.24) is 4.90 Å². The van der Waals surface area contributed by atoms with E-state index in [4.69, 9.17) is 23.2 Å². The van der Waals surface area contributed by atoms with Gasteiger partial charge in [-0.1, -0.05) is 53.5 Å². The van der Waals surface area contributed by atoms with E-state index in [2.05, 4.69) is 0 Å². The first-order valence-corrected chi connectivity index (χ1v) is 9.11. The zero-order chi connectivity index (χ0) is 18.2. The van der Waals surface area contributed by atoms with Gasteiger partial charge in [0.25, 0.3) is 0 Å². The van der Waals surface area contributed by atoms with E-state index in [-0.39, 0.29) is 11.9 Å². The molecule has 1 N–H and O–H groups in total. The summed E-state index contributed by atoms with van der Waals surface area (Å²) >= 11 is 12.2. The van der Waals surface area contributed by atoms with Crippen LogP contribution in [0.1, 0.15) is 48.9 Å². The predicted octanol–water partition coefficient (Wildman–Crippen LogP) is 4.93. The first kappa shape index (κ1) is 18.2. The topological polar surface area (TPSA) is 40.5 Å². The molecule has 132 valence electrons. The van der Waals surface area contributed by atoms with Crippen LogP contribution in [0, 0.1) is 0 Å². The quantitative estimate of drug-likeness (QED) is 0.753. The van der Waals surface area contributed by atoms with Crippen LogP contribution >= 0.6 is 23.2 Å². The standard InChI is InChI=1S/C20H21Cl2NO2/c1-13(24)23(2)19-8-5-11-20(25,16-7-4-3-6-15(16)19)14-9-10-17(21)18(22)12-14/h3-4,6-7,9-10,12,19,25H,5,8,11H2,1-2H3. The number of amides is 1.